The summed E-state index contributed by atoms with van der Waals surface area (Å²) in [6, 6.07) is 10.7. The molecule has 0 atom stereocenters. The number of rotatable bonds is 10. The summed E-state index contributed by atoms with van der Waals surface area (Å²) in [5, 5.41) is 9.44. The number of carbonyl (C=O) groups excluding carboxylic acids is 1. The summed E-state index contributed by atoms with van der Waals surface area (Å²) in [5.74, 6) is 0.805. The first-order chi connectivity index (χ1) is 14.9. The van der Waals surface area contributed by atoms with Gasteiger partial charge in [0.25, 0.3) is 0 Å². The van der Waals surface area contributed by atoms with Gasteiger partial charge in [-0.1, -0.05) is 51.1 Å². The summed E-state index contributed by atoms with van der Waals surface area (Å²) in [7, 11) is 1.75. The molecule has 32 heavy (non-hydrogen) atoms. The molecule has 1 aliphatic rings. The number of guanidine groups is 1. The first-order valence-corrected chi connectivity index (χ1v) is 11.5. The number of halogens is 1. The predicted molar refractivity (Wildman–Crippen MR) is 143 cm³/mol. The van der Waals surface area contributed by atoms with Crippen LogP contribution in [0.15, 0.2) is 35.3 Å². The highest BCUT2D eigenvalue weighted by molar-refractivity contribution is 14.0. The molecule has 1 heterocycles. The zero-order valence-corrected chi connectivity index (χ0v) is 22.5. The van der Waals surface area contributed by atoms with Crippen LogP contribution in [-0.4, -0.2) is 69.2 Å². The molecule has 0 aliphatic carbocycles. The van der Waals surface area contributed by atoms with E-state index >= 15 is 0 Å². The van der Waals surface area contributed by atoms with E-state index in [0.29, 0.717) is 19.2 Å². The fourth-order valence-electron chi connectivity index (χ4n) is 3.45. The van der Waals surface area contributed by atoms with Crippen molar-refractivity contribution in [3.8, 4) is 0 Å². The molecule has 182 valence electrons. The van der Waals surface area contributed by atoms with Crippen molar-refractivity contribution in [3.63, 3.8) is 0 Å². The van der Waals surface area contributed by atoms with Gasteiger partial charge < -0.3 is 20.7 Å². The number of aliphatic imine (C=N–C) groups is 1. The second kappa shape index (κ2) is 15.4. The molecule has 1 aliphatic heterocycles. The van der Waals surface area contributed by atoms with E-state index < -0.39 is 0 Å². The van der Waals surface area contributed by atoms with Crippen molar-refractivity contribution >= 4 is 35.8 Å². The number of carbonyl (C=O) groups is 1. The average Bonchev–Trinajstić information content (AvgIpc) is 2.76. The molecule has 0 radical (unpaired) electrons. The van der Waals surface area contributed by atoms with Gasteiger partial charge in [0.15, 0.2) is 5.96 Å². The van der Waals surface area contributed by atoms with Crippen molar-refractivity contribution < 1.29 is 9.53 Å². The van der Waals surface area contributed by atoms with Gasteiger partial charge in [0.2, 0.25) is 5.91 Å². The van der Waals surface area contributed by atoms with Gasteiger partial charge in [-0.3, -0.25) is 14.7 Å². The Morgan fingerprint density at radius 1 is 1.06 bits per heavy atom. The quantitative estimate of drug-likeness (QED) is 0.178. The minimum absolute atomic E-state index is 0. The number of hydrogen-bond acceptors (Lipinski definition) is 4. The Hall–Kier alpha value is -1.39. The molecule has 3 N–H and O–H groups in total. The van der Waals surface area contributed by atoms with Crippen LogP contribution in [0.1, 0.15) is 45.6 Å². The second-order valence-corrected chi connectivity index (χ2v) is 9.12. The van der Waals surface area contributed by atoms with E-state index in [9.17, 15) is 4.79 Å². The van der Waals surface area contributed by atoms with Crippen LogP contribution in [0.25, 0.3) is 0 Å². The molecule has 0 unspecified atom stereocenters. The summed E-state index contributed by atoms with van der Waals surface area (Å²) >= 11 is 0. The largest absolute Gasteiger partial charge is 0.378 e. The van der Waals surface area contributed by atoms with Gasteiger partial charge in [0.1, 0.15) is 0 Å². The maximum Gasteiger partial charge on any atom is 0.225 e. The fourth-order valence-corrected chi connectivity index (χ4v) is 3.45. The SMILES string of the molecule is CN=C(NCCCOC1CCN(Cc2ccccc2)CC1)NCCNC(=O)C(C)(C)C.I. The number of ether oxygens (including phenoxy) is 1. The maximum atomic E-state index is 11.9. The van der Waals surface area contributed by atoms with E-state index in [0.717, 1.165) is 58.0 Å². The molecule has 0 bridgehead atoms. The zero-order chi connectivity index (χ0) is 22.5. The topological polar surface area (TPSA) is 78.0 Å². The lowest BCUT2D eigenvalue weighted by Gasteiger charge is -2.32. The molecule has 0 spiro atoms. The van der Waals surface area contributed by atoms with E-state index in [1.807, 2.05) is 20.8 Å². The van der Waals surface area contributed by atoms with Crippen molar-refractivity contribution in [1.29, 1.82) is 0 Å². The van der Waals surface area contributed by atoms with E-state index in [4.69, 9.17) is 4.74 Å². The van der Waals surface area contributed by atoms with E-state index in [-0.39, 0.29) is 35.3 Å². The molecule has 1 amide bonds. The van der Waals surface area contributed by atoms with Crippen LogP contribution in [0.3, 0.4) is 0 Å². The minimum Gasteiger partial charge on any atom is -0.378 e. The molecule has 8 heteroatoms. The number of piperidine rings is 1. The smallest absolute Gasteiger partial charge is 0.225 e. The summed E-state index contributed by atoms with van der Waals surface area (Å²) < 4.78 is 6.08. The Kier molecular flexibility index (Phi) is 13.8. The maximum absolute atomic E-state index is 11.9. The number of likely N-dealkylation sites (tertiary alicyclic amines) is 1. The molecule has 1 fully saturated rings. The van der Waals surface area contributed by atoms with Gasteiger partial charge in [-0.15, -0.1) is 24.0 Å². The fraction of sp³-hybridized carbons (Fsp3) is 0.667. The van der Waals surface area contributed by atoms with Crippen LogP contribution in [0.2, 0.25) is 0 Å². The lowest BCUT2D eigenvalue weighted by molar-refractivity contribution is -0.128. The third-order valence-electron chi connectivity index (χ3n) is 5.36. The molecular formula is C24H42IN5O2. The van der Waals surface area contributed by atoms with Crippen LogP contribution in [0, 0.1) is 5.41 Å². The van der Waals surface area contributed by atoms with Gasteiger partial charge in [-0.2, -0.15) is 0 Å². The van der Waals surface area contributed by atoms with Crippen LogP contribution < -0.4 is 16.0 Å². The Bertz CT molecular complexity index is 671. The van der Waals surface area contributed by atoms with Crippen LogP contribution in [0.5, 0.6) is 0 Å². The van der Waals surface area contributed by atoms with Crippen LogP contribution in [-0.2, 0) is 16.1 Å². The summed E-state index contributed by atoms with van der Waals surface area (Å²) in [5.41, 5.74) is 1.02. The molecule has 0 saturated carbocycles. The van der Waals surface area contributed by atoms with Gasteiger partial charge in [0, 0.05) is 58.3 Å². The highest BCUT2D eigenvalue weighted by Crippen LogP contribution is 2.16. The zero-order valence-electron chi connectivity index (χ0n) is 20.2. The molecule has 2 rings (SSSR count). The number of hydrogen-bond donors (Lipinski definition) is 3. The van der Waals surface area contributed by atoms with E-state index in [1.165, 1.54) is 5.56 Å². The van der Waals surface area contributed by atoms with Crippen LogP contribution in [0.4, 0.5) is 0 Å². The number of benzene rings is 1. The normalized spacial score (nSPS) is 15.7. The van der Waals surface area contributed by atoms with Crippen molar-refractivity contribution in [1.82, 2.24) is 20.9 Å². The number of nitrogens with zero attached hydrogens (tertiary/aromatic N) is 2. The second-order valence-electron chi connectivity index (χ2n) is 9.12. The van der Waals surface area contributed by atoms with Gasteiger partial charge in [-0.25, -0.2) is 0 Å². The third-order valence-corrected chi connectivity index (χ3v) is 5.36. The number of amides is 1. The first-order valence-electron chi connectivity index (χ1n) is 11.5. The molecule has 1 saturated heterocycles. The minimum atomic E-state index is -0.363. The molecule has 7 nitrogen and oxygen atoms in total. The van der Waals surface area contributed by atoms with Gasteiger partial charge in [-0.05, 0) is 24.8 Å². The first kappa shape index (κ1) is 28.6. The lowest BCUT2D eigenvalue weighted by Crippen LogP contribution is -2.43. The summed E-state index contributed by atoms with van der Waals surface area (Å²) in [6.45, 7) is 11.7. The molecule has 1 aromatic rings. The van der Waals surface area contributed by atoms with E-state index in [1.54, 1.807) is 7.05 Å². The monoisotopic (exact) mass is 559 g/mol. The molecule has 1 aromatic carbocycles. The Morgan fingerprint density at radius 3 is 2.31 bits per heavy atom. The van der Waals surface area contributed by atoms with Gasteiger partial charge >= 0.3 is 0 Å². The summed E-state index contributed by atoms with van der Waals surface area (Å²) in [6.07, 6.45) is 3.51. The summed E-state index contributed by atoms with van der Waals surface area (Å²) in [4.78, 5) is 18.6. The predicted octanol–water partition coefficient (Wildman–Crippen LogP) is 3.00. The average molecular weight is 560 g/mol. The van der Waals surface area contributed by atoms with Crippen molar-refractivity contribution in [2.75, 3.05) is 46.4 Å². The highest BCUT2D eigenvalue weighted by atomic mass is 127. The third kappa shape index (κ3) is 11.5. The standard InChI is InChI=1S/C24H41N5O2.HI/c1-24(2,3)22(30)26-14-15-28-23(25-4)27-13-8-18-31-21-11-16-29(17-12-21)19-20-9-6-5-7-10-20;/h5-7,9-10,21H,8,11-19H2,1-4H3,(H,26,30)(H2,25,27,28);1H. The highest BCUT2D eigenvalue weighted by Gasteiger charge is 2.20. The van der Waals surface area contributed by atoms with E-state index in [2.05, 4.69) is 56.2 Å². The Labute approximate surface area is 211 Å². The Morgan fingerprint density at radius 2 is 1.69 bits per heavy atom. The number of nitrogens with one attached hydrogen (secondary N) is 3. The molecular weight excluding hydrogens is 517 g/mol. The van der Waals surface area contributed by atoms with Crippen molar-refractivity contribution in [2.24, 2.45) is 10.4 Å². The van der Waals surface area contributed by atoms with Gasteiger partial charge in [0.05, 0.1) is 6.10 Å². The van der Waals surface area contributed by atoms with Crippen molar-refractivity contribution in [3.05, 3.63) is 35.9 Å². The Balaban J connectivity index is 0.00000512. The van der Waals surface area contributed by atoms with Crippen LogP contribution >= 0.6 is 24.0 Å². The lowest BCUT2D eigenvalue weighted by atomic mass is 9.96. The van der Waals surface area contributed by atoms with Crippen molar-refractivity contribution in [2.45, 2.75) is 52.7 Å². The molecule has 0 aromatic heterocycles.